The zero-order chi connectivity index (χ0) is 13.2. The van der Waals surface area contributed by atoms with Gasteiger partial charge in [-0.25, -0.2) is 9.59 Å². The van der Waals surface area contributed by atoms with E-state index in [0.717, 1.165) is 20.2 Å². The Morgan fingerprint density at radius 3 is 1.68 bits per heavy atom. The minimum absolute atomic E-state index is 0.584. The maximum absolute atomic E-state index is 10.3. The lowest BCUT2D eigenvalue weighted by atomic mass is 10.1. The Morgan fingerprint density at radius 1 is 0.789 bits per heavy atom. The van der Waals surface area contributed by atoms with Crippen molar-refractivity contribution < 1.29 is 9.59 Å². The van der Waals surface area contributed by atoms with Gasteiger partial charge in [0.25, 0.3) is 0 Å². The molecule has 0 N–H and O–H groups in total. The highest BCUT2D eigenvalue weighted by Crippen LogP contribution is 2.37. The lowest BCUT2D eigenvalue weighted by molar-refractivity contribution is 0.564. The van der Waals surface area contributed by atoms with Gasteiger partial charge in [-0.15, -0.1) is 11.3 Å². The molecular weight excluding hydrogens is 260 g/mol. The summed E-state index contributed by atoms with van der Waals surface area (Å²) in [5, 5.41) is 2.18. The van der Waals surface area contributed by atoms with Crippen molar-refractivity contribution in [1.82, 2.24) is 0 Å². The molecule has 1 aromatic heterocycles. The fourth-order valence-corrected chi connectivity index (χ4v) is 3.17. The van der Waals surface area contributed by atoms with Crippen molar-refractivity contribution in [2.24, 2.45) is 9.98 Å². The molecule has 90 valence electrons. The largest absolute Gasteiger partial charge is 0.240 e. The quantitative estimate of drug-likeness (QED) is 0.520. The smallest absolute Gasteiger partial charge is 0.211 e. The molecule has 0 saturated carbocycles. The molecule has 0 atom stereocenters. The maximum Gasteiger partial charge on any atom is 0.240 e. The summed E-state index contributed by atoms with van der Waals surface area (Å²) in [5.74, 6) is 0. The number of rotatable bonds is 2. The van der Waals surface area contributed by atoms with Crippen LogP contribution in [-0.2, 0) is 9.59 Å². The van der Waals surface area contributed by atoms with E-state index in [0.29, 0.717) is 11.4 Å². The number of carbonyl (C=O) groups excluding carboxylic acids is 2. The first-order chi connectivity index (χ1) is 9.31. The molecule has 5 heteroatoms. The number of hydrogen-bond donors (Lipinski definition) is 0. The van der Waals surface area contributed by atoms with E-state index in [-0.39, 0.29) is 0 Å². The zero-order valence-corrected chi connectivity index (χ0v) is 10.4. The van der Waals surface area contributed by atoms with Gasteiger partial charge in [0.2, 0.25) is 12.2 Å². The summed E-state index contributed by atoms with van der Waals surface area (Å²) in [6.07, 6.45) is 3.06. The number of nitrogens with zero attached hydrogens (tertiary/aromatic N) is 2. The first-order valence-electron chi connectivity index (χ1n) is 5.44. The van der Waals surface area contributed by atoms with E-state index in [1.54, 1.807) is 23.5 Å². The number of benzene rings is 2. The second-order valence-corrected chi connectivity index (χ2v) is 4.95. The van der Waals surface area contributed by atoms with Gasteiger partial charge in [0.05, 0.1) is 11.4 Å². The standard InChI is InChI=1S/C14H6N2O2S/c17-7-15-9-1-3-11-12-4-2-10(16-8-18)6-14(12)19-13(11)5-9/h1-6H. The van der Waals surface area contributed by atoms with Crippen LogP contribution in [0, 0.1) is 0 Å². The van der Waals surface area contributed by atoms with Crippen LogP contribution < -0.4 is 0 Å². The summed E-state index contributed by atoms with van der Waals surface area (Å²) in [7, 11) is 0. The molecule has 0 unspecified atom stereocenters. The molecule has 0 saturated heterocycles. The first-order valence-corrected chi connectivity index (χ1v) is 6.25. The van der Waals surface area contributed by atoms with Gasteiger partial charge in [-0.2, -0.15) is 9.98 Å². The molecule has 3 aromatic rings. The average Bonchev–Trinajstić information content (AvgIpc) is 2.76. The molecule has 0 amide bonds. The van der Waals surface area contributed by atoms with Crippen LogP contribution in [0.4, 0.5) is 11.4 Å². The summed E-state index contributed by atoms with van der Waals surface area (Å²) in [5.41, 5.74) is 1.17. The van der Waals surface area contributed by atoms with Crippen molar-refractivity contribution in [2.45, 2.75) is 0 Å². The van der Waals surface area contributed by atoms with Crippen LogP contribution in [-0.4, -0.2) is 12.2 Å². The van der Waals surface area contributed by atoms with E-state index in [1.807, 2.05) is 24.3 Å². The van der Waals surface area contributed by atoms with E-state index in [4.69, 9.17) is 0 Å². The third kappa shape index (κ3) is 1.98. The first kappa shape index (κ1) is 11.5. The molecule has 0 spiro atoms. The van der Waals surface area contributed by atoms with E-state index >= 15 is 0 Å². The van der Waals surface area contributed by atoms with E-state index in [2.05, 4.69) is 9.98 Å². The highest BCUT2D eigenvalue weighted by Gasteiger charge is 2.06. The van der Waals surface area contributed by atoms with Crippen LogP contribution in [0.15, 0.2) is 46.4 Å². The molecule has 0 aliphatic rings. The second-order valence-electron chi connectivity index (χ2n) is 3.87. The van der Waals surface area contributed by atoms with Crippen LogP contribution in [0.3, 0.4) is 0 Å². The summed E-state index contributed by atoms with van der Waals surface area (Å²) in [4.78, 5) is 27.7. The molecule has 0 aliphatic heterocycles. The van der Waals surface area contributed by atoms with Gasteiger partial charge in [0, 0.05) is 20.2 Å². The molecule has 3 rings (SSSR count). The second kappa shape index (κ2) is 4.59. The van der Waals surface area contributed by atoms with Crippen LogP contribution in [0.2, 0.25) is 0 Å². The molecule has 0 fully saturated rings. The van der Waals surface area contributed by atoms with Gasteiger partial charge in [0.1, 0.15) is 0 Å². The fraction of sp³-hybridized carbons (Fsp3) is 0. The van der Waals surface area contributed by atoms with Gasteiger partial charge in [-0.1, -0.05) is 12.1 Å². The summed E-state index contributed by atoms with van der Waals surface area (Å²) >= 11 is 1.56. The molecule has 4 nitrogen and oxygen atoms in total. The van der Waals surface area contributed by atoms with E-state index < -0.39 is 0 Å². The number of isocyanates is 2. The third-order valence-electron chi connectivity index (χ3n) is 2.79. The lowest BCUT2D eigenvalue weighted by Gasteiger charge is -1.93. The number of hydrogen-bond acceptors (Lipinski definition) is 5. The van der Waals surface area contributed by atoms with Crippen molar-refractivity contribution >= 4 is 55.0 Å². The highest BCUT2D eigenvalue weighted by molar-refractivity contribution is 7.25. The normalized spacial score (nSPS) is 10.1. The van der Waals surface area contributed by atoms with Crippen LogP contribution in [0.5, 0.6) is 0 Å². The highest BCUT2D eigenvalue weighted by atomic mass is 32.1. The number of thiophene rings is 1. The third-order valence-corrected chi connectivity index (χ3v) is 3.91. The van der Waals surface area contributed by atoms with Crippen LogP contribution in [0.25, 0.3) is 20.2 Å². The summed E-state index contributed by atoms with van der Waals surface area (Å²) in [6, 6.07) is 11.1. The Balaban J connectivity index is 2.30. The molecule has 19 heavy (non-hydrogen) atoms. The van der Waals surface area contributed by atoms with Crippen molar-refractivity contribution in [2.75, 3.05) is 0 Å². The Labute approximate surface area is 111 Å². The molecular formula is C14H6N2O2S. The Bertz CT molecular complexity index is 813. The number of fused-ring (bicyclic) bond motifs is 3. The minimum atomic E-state index is 0.584. The molecule has 0 radical (unpaired) electrons. The Hall–Kier alpha value is -2.58. The maximum atomic E-state index is 10.3. The lowest BCUT2D eigenvalue weighted by Crippen LogP contribution is -1.67. The van der Waals surface area contributed by atoms with Gasteiger partial charge in [-0.05, 0) is 24.3 Å². The van der Waals surface area contributed by atoms with Crippen molar-refractivity contribution in [3.8, 4) is 0 Å². The predicted molar refractivity (Wildman–Crippen MR) is 74.9 cm³/mol. The van der Waals surface area contributed by atoms with Crippen molar-refractivity contribution in [3.05, 3.63) is 36.4 Å². The van der Waals surface area contributed by atoms with Crippen LogP contribution in [0.1, 0.15) is 0 Å². The Morgan fingerprint density at radius 2 is 1.26 bits per heavy atom. The topological polar surface area (TPSA) is 58.9 Å². The summed E-state index contributed by atoms with van der Waals surface area (Å²) < 4.78 is 2.05. The Kier molecular flexibility index (Phi) is 2.78. The fourth-order valence-electron chi connectivity index (χ4n) is 2.00. The molecule has 0 aliphatic carbocycles. The zero-order valence-electron chi connectivity index (χ0n) is 9.58. The molecule has 1 heterocycles. The van der Waals surface area contributed by atoms with Gasteiger partial charge in [-0.3, -0.25) is 0 Å². The van der Waals surface area contributed by atoms with Gasteiger partial charge >= 0.3 is 0 Å². The van der Waals surface area contributed by atoms with E-state index in [1.165, 1.54) is 12.2 Å². The SMILES string of the molecule is O=C=Nc1ccc2c(c1)sc1cc(N=C=O)ccc12. The monoisotopic (exact) mass is 266 g/mol. The summed E-state index contributed by atoms with van der Waals surface area (Å²) in [6.45, 7) is 0. The molecule has 0 bridgehead atoms. The molecule has 2 aromatic carbocycles. The minimum Gasteiger partial charge on any atom is -0.211 e. The van der Waals surface area contributed by atoms with E-state index in [9.17, 15) is 9.59 Å². The predicted octanol–water partition coefficient (Wildman–Crippen LogP) is 3.99. The van der Waals surface area contributed by atoms with Gasteiger partial charge in [0.15, 0.2) is 0 Å². The average molecular weight is 266 g/mol. The number of aliphatic imine (C=N–C) groups is 2. The van der Waals surface area contributed by atoms with Crippen LogP contribution >= 0.6 is 11.3 Å². The van der Waals surface area contributed by atoms with Gasteiger partial charge < -0.3 is 0 Å². The van der Waals surface area contributed by atoms with Crippen molar-refractivity contribution in [1.29, 1.82) is 0 Å². The van der Waals surface area contributed by atoms with Crippen molar-refractivity contribution in [3.63, 3.8) is 0 Å².